The van der Waals surface area contributed by atoms with Gasteiger partial charge in [-0.05, 0) is 24.6 Å². The van der Waals surface area contributed by atoms with Crippen LogP contribution >= 0.6 is 0 Å². The zero-order valence-electron chi connectivity index (χ0n) is 13.9. The number of amides is 2. The van der Waals surface area contributed by atoms with E-state index in [2.05, 4.69) is 5.10 Å². The van der Waals surface area contributed by atoms with Gasteiger partial charge in [-0.25, -0.2) is 4.79 Å². The minimum atomic E-state index is -1.06. The average Bonchev–Trinajstić information content (AvgIpc) is 3.02. The minimum absolute atomic E-state index is 0.131. The van der Waals surface area contributed by atoms with Crippen molar-refractivity contribution in [1.29, 1.82) is 5.26 Å². The number of benzene rings is 1. The van der Waals surface area contributed by atoms with Crippen LogP contribution in [-0.2, 0) is 11.3 Å². The first-order chi connectivity index (χ1) is 11.9. The summed E-state index contributed by atoms with van der Waals surface area (Å²) in [6.45, 7) is 3.64. The molecule has 0 spiro atoms. The fourth-order valence-corrected chi connectivity index (χ4v) is 3.14. The van der Waals surface area contributed by atoms with E-state index >= 15 is 0 Å². The summed E-state index contributed by atoms with van der Waals surface area (Å²) in [6.07, 6.45) is 2.29. The van der Waals surface area contributed by atoms with Gasteiger partial charge in [0.2, 0.25) is 5.91 Å². The zero-order valence-corrected chi connectivity index (χ0v) is 13.9. The fraction of sp³-hybridized carbons (Fsp3) is 0.294. The molecule has 0 fully saturated rings. The van der Waals surface area contributed by atoms with Crippen LogP contribution in [0.15, 0.2) is 30.6 Å². The molecule has 1 aromatic heterocycles. The van der Waals surface area contributed by atoms with Crippen LogP contribution in [0.25, 0.3) is 11.1 Å². The number of rotatable bonds is 2. The molecular formula is C17H17N5O3. The average molecular weight is 339 g/mol. The van der Waals surface area contributed by atoms with E-state index in [-0.39, 0.29) is 25.0 Å². The molecule has 1 aliphatic heterocycles. The summed E-state index contributed by atoms with van der Waals surface area (Å²) in [4.78, 5) is 26.5. The Morgan fingerprint density at radius 2 is 2.12 bits per heavy atom. The number of carboxylic acid groups (broad SMARTS) is 1. The van der Waals surface area contributed by atoms with Crippen molar-refractivity contribution in [3.8, 4) is 17.2 Å². The van der Waals surface area contributed by atoms with Crippen LogP contribution in [0.4, 0.5) is 16.2 Å². The van der Waals surface area contributed by atoms with Crippen molar-refractivity contribution >= 4 is 23.4 Å². The first-order valence-electron chi connectivity index (χ1n) is 7.76. The Balaban J connectivity index is 2.09. The summed E-state index contributed by atoms with van der Waals surface area (Å²) in [5.41, 5.74) is 2.58. The number of nitrogens with zero attached hydrogens (tertiary/aromatic N) is 5. The minimum Gasteiger partial charge on any atom is -0.465 e. The highest BCUT2D eigenvalue weighted by molar-refractivity contribution is 6.02. The molecule has 1 atom stereocenters. The van der Waals surface area contributed by atoms with Crippen LogP contribution in [0.5, 0.6) is 0 Å². The second-order valence-electron chi connectivity index (χ2n) is 5.92. The largest absolute Gasteiger partial charge is 0.465 e. The molecule has 8 nitrogen and oxygen atoms in total. The zero-order chi connectivity index (χ0) is 18.1. The smallest absolute Gasteiger partial charge is 0.411 e. The highest BCUT2D eigenvalue weighted by Gasteiger charge is 2.33. The molecule has 3 rings (SSSR count). The topological polar surface area (TPSA) is 102 Å². The van der Waals surface area contributed by atoms with E-state index in [1.165, 1.54) is 16.5 Å². The Kier molecular flexibility index (Phi) is 4.15. The van der Waals surface area contributed by atoms with Gasteiger partial charge < -0.3 is 10.0 Å². The van der Waals surface area contributed by atoms with Gasteiger partial charge in [0.05, 0.1) is 29.7 Å². The Bertz CT molecular complexity index is 883. The molecule has 2 heterocycles. The van der Waals surface area contributed by atoms with E-state index in [9.17, 15) is 14.7 Å². The van der Waals surface area contributed by atoms with E-state index < -0.39 is 6.09 Å². The Hall–Kier alpha value is -3.34. The summed E-state index contributed by atoms with van der Waals surface area (Å²) >= 11 is 0. The van der Waals surface area contributed by atoms with Gasteiger partial charge >= 0.3 is 6.09 Å². The van der Waals surface area contributed by atoms with Crippen molar-refractivity contribution in [3.05, 3.63) is 30.6 Å². The van der Waals surface area contributed by atoms with Crippen LogP contribution < -0.4 is 9.80 Å². The third-order valence-corrected chi connectivity index (χ3v) is 4.18. The number of anilines is 2. The number of carbonyl (C=O) groups excluding carboxylic acids is 1. The maximum atomic E-state index is 12.0. The third-order valence-electron chi connectivity index (χ3n) is 4.18. The molecule has 128 valence electrons. The maximum Gasteiger partial charge on any atom is 0.411 e. The van der Waals surface area contributed by atoms with Crippen molar-refractivity contribution in [2.45, 2.75) is 26.4 Å². The number of aromatic nitrogens is 2. The maximum absolute atomic E-state index is 12.0. The molecule has 1 aliphatic rings. The SMILES string of the molecule is CC(=O)N1c2ccc(-c3cnn(CC#N)c3)cc2N(C(=O)O)C[C@@H]1C. The number of carbonyl (C=O) groups is 2. The Labute approximate surface area is 144 Å². The predicted molar refractivity (Wildman–Crippen MR) is 91.3 cm³/mol. The lowest BCUT2D eigenvalue weighted by atomic mass is 10.0. The fourth-order valence-electron chi connectivity index (χ4n) is 3.14. The van der Waals surface area contributed by atoms with Crippen molar-refractivity contribution in [2.75, 3.05) is 16.3 Å². The Morgan fingerprint density at radius 1 is 1.36 bits per heavy atom. The normalized spacial score (nSPS) is 16.3. The van der Waals surface area contributed by atoms with Gasteiger partial charge in [-0.15, -0.1) is 0 Å². The van der Waals surface area contributed by atoms with E-state index in [4.69, 9.17) is 5.26 Å². The summed E-state index contributed by atoms with van der Waals surface area (Å²) in [5, 5.41) is 22.4. The molecule has 2 amide bonds. The van der Waals surface area contributed by atoms with Crippen LogP contribution in [-0.4, -0.2) is 39.5 Å². The summed E-state index contributed by atoms with van der Waals surface area (Å²) < 4.78 is 1.51. The molecular weight excluding hydrogens is 322 g/mol. The number of nitriles is 1. The monoisotopic (exact) mass is 339 g/mol. The molecule has 1 aromatic carbocycles. The first kappa shape index (κ1) is 16.5. The van der Waals surface area contributed by atoms with Crippen molar-refractivity contribution in [3.63, 3.8) is 0 Å². The lowest BCUT2D eigenvalue weighted by molar-refractivity contribution is -0.117. The molecule has 0 unspecified atom stereocenters. The van der Waals surface area contributed by atoms with Crippen molar-refractivity contribution in [1.82, 2.24) is 9.78 Å². The highest BCUT2D eigenvalue weighted by atomic mass is 16.4. The van der Waals surface area contributed by atoms with Gasteiger partial charge in [-0.3, -0.25) is 14.4 Å². The van der Waals surface area contributed by atoms with E-state index in [1.54, 1.807) is 29.4 Å². The van der Waals surface area contributed by atoms with Gasteiger partial charge in [0.25, 0.3) is 0 Å². The first-order valence-corrected chi connectivity index (χ1v) is 7.76. The molecule has 25 heavy (non-hydrogen) atoms. The highest BCUT2D eigenvalue weighted by Crippen LogP contribution is 2.38. The van der Waals surface area contributed by atoms with Crippen LogP contribution in [0, 0.1) is 11.3 Å². The van der Waals surface area contributed by atoms with Gasteiger partial charge in [0.15, 0.2) is 0 Å². The lowest BCUT2D eigenvalue weighted by Crippen LogP contribution is -2.51. The van der Waals surface area contributed by atoms with Crippen molar-refractivity contribution in [2.24, 2.45) is 0 Å². The second kappa shape index (κ2) is 6.28. The van der Waals surface area contributed by atoms with Crippen LogP contribution in [0.2, 0.25) is 0 Å². The number of fused-ring (bicyclic) bond motifs is 1. The molecule has 2 aromatic rings. The Morgan fingerprint density at radius 3 is 2.76 bits per heavy atom. The van der Waals surface area contributed by atoms with E-state index in [0.29, 0.717) is 11.4 Å². The summed E-state index contributed by atoms with van der Waals surface area (Å²) in [6, 6.07) is 7.07. The van der Waals surface area contributed by atoms with Gasteiger partial charge in [-0.2, -0.15) is 10.4 Å². The standard InChI is InChI=1S/C17H17N5O3/c1-11-9-21(17(24)25)16-7-13(3-4-15(16)22(11)12(2)23)14-8-19-20(10-14)6-5-18/h3-4,7-8,10-11H,6,9H2,1-2H3,(H,24,25)/t11-/m0/s1. The number of hydrogen-bond donors (Lipinski definition) is 1. The molecule has 0 aliphatic carbocycles. The predicted octanol–water partition coefficient (Wildman–Crippen LogP) is 2.31. The molecule has 0 saturated carbocycles. The second-order valence-corrected chi connectivity index (χ2v) is 5.92. The molecule has 0 saturated heterocycles. The van der Waals surface area contributed by atoms with Gasteiger partial charge in [0, 0.05) is 25.2 Å². The molecule has 0 radical (unpaired) electrons. The summed E-state index contributed by atoms with van der Waals surface area (Å²) in [7, 11) is 0. The molecule has 1 N–H and O–H groups in total. The van der Waals surface area contributed by atoms with Crippen LogP contribution in [0.1, 0.15) is 13.8 Å². The van der Waals surface area contributed by atoms with Gasteiger partial charge in [-0.1, -0.05) is 6.07 Å². The van der Waals surface area contributed by atoms with Crippen molar-refractivity contribution < 1.29 is 14.7 Å². The lowest BCUT2D eigenvalue weighted by Gasteiger charge is -2.39. The van der Waals surface area contributed by atoms with E-state index in [0.717, 1.165) is 11.1 Å². The van der Waals surface area contributed by atoms with E-state index in [1.807, 2.05) is 19.1 Å². The van der Waals surface area contributed by atoms with Crippen LogP contribution in [0.3, 0.4) is 0 Å². The third kappa shape index (κ3) is 2.92. The quantitative estimate of drug-likeness (QED) is 0.904. The molecule has 0 bridgehead atoms. The summed E-state index contributed by atoms with van der Waals surface area (Å²) in [5.74, 6) is -0.131. The number of hydrogen-bond acceptors (Lipinski definition) is 4. The molecule has 8 heteroatoms. The van der Waals surface area contributed by atoms with Gasteiger partial charge in [0.1, 0.15) is 6.54 Å².